The van der Waals surface area contributed by atoms with Crippen molar-refractivity contribution in [1.82, 2.24) is 10.2 Å². The molecule has 1 fully saturated rings. The Bertz CT molecular complexity index is 156. The minimum absolute atomic E-state index is 0.173. The van der Waals surface area contributed by atoms with E-state index in [9.17, 15) is 8.78 Å². The summed E-state index contributed by atoms with van der Waals surface area (Å²) in [6, 6.07) is 0.220. The number of nitrogens with zero attached hydrogens (tertiary/aromatic N) is 1. The number of nitrogens with one attached hydrogen (secondary N) is 1. The summed E-state index contributed by atoms with van der Waals surface area (Å²) >= 11 is 0. The number of piperidine rings is 1. The van der Waals surface area contributed by atoms with Crippen LogP contribution in [0.5, 0.6) is 0 Å². The van der Waals surface area contributed by atoms with Crippen LogP contribution in [0.2, 0.25) is 0 Å². The number of hydrogen-bond acceptors (Lipinski definition) is 2. The standard InChI is InChI=1S/C10H20F2N2/c1-8(13-7-10(11)12)9-3-5-14(2)6-4-9/h8-10,13H,3-7H2,1-2H3. The average Bonchev–Trinajstić information content (AvgIpc) is 2.15. The molecule has 14 heavy (non-hydrogen) atoms. The van der Waals surface area contributed by atoms with Gasteiger partial charge in [0.2, 0.25) is 0 Å². The molecule has 2 nitrogen and oxygen atoms in total. The second-order valence-electron chi connectivity index (χ2n) is 4.23. The van der Waals surface area contributed by atoms with Crippen molar-refractivity contribution >= 4 is 0 Å². The highest BCUT2D eigenvalue weighted by Gasteiger charge is 2.22. The number of hydrogen-bond donors (Lipinski definition) is 1. The molecule has 1 N–H and O–H groups in total. The van der Waals surface area contributed by atoms with E-state index in [0.29, 0.717) is 5.92 Å². The molecule has 1 unspecified atom stereocenters. The Morgan fingerprint density at radius 3 is 2.43 bits per heavy atom. The molecule has 84 valence electrons. The minimum atomic E-state index is -2.23. The van der Waals surface area contributed by atoms with Gasteiger partial charge in [0.1, 0.15) is 0 Å². The molecule has 1 atom stereocenters. The highest BCUT2D eigenvalue weighted by Crippen LogP contribution is 2.19. The Labute approximate surface area is 84.7 Å². The topological polar surface area (TPSA) is 15.3 Å². The van der Waals surface area contributed by atoms with Gasteiger partial charge < -0.3 is 10.2 Å². The summed E-state index contributed by atoms with van der Waals surface area (Å²) in [4.78, 5) is 2.29. The number of alkyl halides is 2. The first-order chi connectivity index (χ1) is 6.59. The predicted octanol–water partition coefficient (Wildman–Crippen LogP) is 1.57. The molecule has 0 aromatic carbocycles. The summed E-state index contributed by atoms with van der Waals surface area (Å²) in [7, 11) is 2.10. The second kappa shape index (κ2) is 5.61. The maximum absolute atomic E-state index is 12.0. The Balaban J connectivity index is 2.20. The average molecular weight is 206 g/mol. The summed E-state index contributed by atoms with van der Waals surface area (Å²) in [5, 5.41) is 2.90. The highest BCUT2D eigenvalue weighted by molar-refractivity contribution is 4.78. The van der Waals surface area contributed by atoms with Crippen molar-refractivity contribution in [1.29, 1.82) is 0 Å². The van der Waals surface area contributed by atoms with Crippen LogP contribution in [0.15, 0.2) is 0 Å². The first-order valence-electron chi connectivity index (χ1n) is 5.29. The Morgan fingerprint density at radius 1 is 1.36 bits per heavy atom. The van der Waals surface area contributed by atoms with Gasteiger partial charge in [-0.05, 0) is 45.8 Å². The van der Waals surface area contributed by atoms with E-state index >= 15 is 0 Å². The SMILES string of the molecule is CC(NCC(F)F)C1CCN(C)CC1. The second-order valence-corrected chi connectivity index (χ2v) is 4.23. The van der Waals surface area contributed by atoms with E-state index in [1.165, 1.54) is 0 Å². The van der Waals surface area contributed by atoms with Crippen LogP contribution in [-0.2, 0) is 0 Å². The molecule has 0 spiro atoms. The summed E-state index contributed by atoms with van der Waals surface area (Å²) in [6.07, 6.45) is 0.00523. The Kier molecular flexibility index (Phi) is 4.75. The largest absolute Gasteiger partial charge is 0.309 e. The molecular weight excluding hydrogens is 186 g/mol. The van der Waals surface area contributed by atoms with Crippen LogP contribution >= 0.6 is 0 Å². The molecule has 0 aliphatic carbocycles. The van der Waals surface area contributed by atoms with E-state index in [2.05, 4.69) is 17.3 Å². The van der Waals surface area contributed by atoms with Gasteiger partial charge in [-0.15, -0.1) is 0 Å². The zero-order valence-corrected chi connectivity index (χ0v) is 8.97. The monoisotopic (exact) mass is 206 g/mol. The molecule has 1 aliphatic rings. The van der Waals surface area contributed by atoms with Crippen LogP contribution in [0, 0.1) is 5.92 Å². The fourth-order valence-corrected chi connectivity index (χ4v) is 1.97. The third kappa shape index (κ3) is 3.88. The van der Waals surface area contributed by atoms with Crippen molar-refractivity contribution in [2.75, 3.05) is 26.7 Å². The number of halogens is 2. The number of rotatable bonds is 4. The van der Waals surface area contributed by atoms with Crippen molar-refractivity contribution in [2.45, 2.75) is 32.2 Å². The molecule has 4 heteroatoms. The van der Waals surface area contributed by atoms with Gasteiger partial charge >= 0.3 is 0 Å². The van der Waals surface area contributed by atoms with Gasteiger partial charge in [-0.3, -0.25) is 0 Å². The molecule has 0 amide bonds. The van der Waals surface area contributed by atoms with Crippen LogP contribution in [0.4, 0.5) is 8.78 Å². The number of likely N-dealkylation sites (tertiary alicyclic amines) is 1. The minimum Gasteiger partial charge on any atom is -0.309 e. The van der Waals surface area contributed by atoms with E-state index in [1.807, 2.05) is 6.92 Å². The maximum atomic E-state index is 12.0. The molecule has 0 radical (unpaired) electrons. The lowest BCUT2D eigenvalue weighted by Gasteiger charge is -2.33. The van der Waals surface area contributed by atoms with Crippen LogP contribution in [0.3, 0.4) is 0 Å². The van der Waals surface area contributed by atoms with E-state index in [0.717, 1.165) is 25.9 Å². The first kappa shape index (κ1) is 11.9. The molecule has 1 heterocycles. The van der Waals surface area contributed by atoms with E-state index in [1.54, 1.807) is 0 Å². The van der Waals surface area contributed by atoms with Crippen molar-refractivity contribution in [3.8, 4) is 0 Å². The summed E-state index contributed by atoms with van der Waals surface area (Å²) < 4.78 is 23.9. The lowest BCUT2D eigenvalue weighted by atomic mass is 9.90. The molecular formula is C10H20F2N2. The summed E-state index contributed by atoms with van der Waals surface area (Å²) in [6.45, 7) is 4.02. The zero-order chi connectivity index (χ0) is 10.6. The van der Waals surface area contributed by atoms with Crippen molar-refractivity contribution < 1.29 is 8.78 Å². The van der Waals surface area contributed by atoms with Crippen molar-refractivity contribution in [3.63, 3.8) is 0 Å². The molecule has 0 bridgehead atoms. The first-order valence-corrected chi connectivity index (χ1v) is 5.29. The third-order valence-corrected chi connectivity index (χ3v) is 3.06. The Morgan fingerprint density at radius 2 is 1.93 bits per heavy atom. The van der Waals surface area contributed by atoms with Crippen molar-refractivity contribution in [3.05, 3.63) is 0 Å². The molecule has 1 aliphatic heterocycles. The van der Waals surface area contributed by atoms with Crippen LogP contribution in [0.1, 0.15) is 19.8 Å². The van der Waals surface area contributed by atoms with E-state index < -0.39 is 6.43 Å². The normalized spacial score (nSPS) is 22.9. The quantitative estimate of drug-likeness (QED) is 0.751. The third-order valence-electron chi connectivity index (χ3n) is 3.06. The van der Waals surface area contributed by atoms with Gasteiger partial charge in [-0.2, -0.15) is 0 Å². The summed E-state index contributed by atoms with van der Waals surface area (Å²) in [5.41, 5.74) is 0. The van der Waals surface area contributed by atoms with Crippen LogP contribution in [0.25, 0.3) is 0 Å². The van der Waals surface area contributed by atoms with Gasteiger partial charge in [0.15, 0.2) is 0 Å². The van der Waals surface area contributed by atoms with Gasteiger partial charge in [-0.25, -0.2) is 8.78 Å². The maximum Gasteiger partial charge on any atom is 0.250 e. The lowest BCUT2D eigenvalue weighted by molar-refractivity contribution is 0.128. The smallest absolute Gasteiger partial charge is 0.250 e. The molecule has 0 aromatic heterocycles. The van der Waals surface area contributed by atoms with Crippen LogP contribution < -0.4 is 5.32 Å². The molecule has 0 saturated carbocycles. The fraction of sp³-hybridized carbons (Fsp3) is 1.00. The Hall–Kier alpha value is -0.220. The summed E-state index contributed by atoms with van der Waals surface area (Å²) in [5.74, 6) is 0.560. The lowest BCUT2D eigenvalue weighted by Crippen LogP contribution is -2.42. The van der Waals surface area contributed by atoms with E-state index in [-0.39, 0.29) is 12.6 Å². The van der Waals surface area contributed by atoms with Gasteiger partial charge in [0, 0.05) is 6.04 Å². The fourth-order valence-electron chi connectivity index (χ4n) is 1.97. The van der Waals surface area contributed by atoms with Gasteiger partial charge in [-0.1, -0.05) is 0 Å². The van der Waals surface area contributed by atoms with E-state index in [4.69, 9.17) is 0 Å². The van der Waals surface area contributed by atoms with Gasteiger partial charge in [0.05, 0.1) is 6.54 Å². The highest BCUT2D eigenvalue weighted by atomic mass is 19.3. The van der Waals surface area contributed by atoms with Gasteiger partial charge in [0.25, 0.3) is 6.43 Å². The molecule has 1 rings (SSSR count). The predicted molar refractivity (Wildman–Crippen MR) is 53.7 cm³/mol. The van der Waals surface area contributed by atoms with Crippen LogP contribution in [-0.4, -0.2) is 44.0 Å². The van der Waals surface area contributed by atoms with Crippen molar-refractivity contribution in [2.24, 2.45) is 5.92 Å². The molecule has 0 aromatic rings. The molecule has 1 saturated heterocycles. The zero-order valence-electron chi connectivity index (χ0n) is 8.97.